The lowest BCUT2D eigenvalue weighted by Gasteiger charge is -2.47. The summed E-state index contributed by atoms with van der Waals surface area (Å²) in [6.45, 7) is 2.95. The van der Waals surface area contributed by atoms with Crippen LogP contribution in [0.4, 0.5) is 0 Å². The molecule has 2 saturated heterocycles. The molecule has 1 spiro atoms. The third-order valence-corrected chi connectivity index (χ3v) is 2.05. The zero-order valence-corrected chi connectivity index (χ0v) is 5.76. The number of hydrogen-bond acceptors (Lipinski definition) is 4. The highest BCUT2D eigenvalue weighted by molar-refractivity contribution is 5.02. The van der Waals surface area contributed by atoms with Crippen LogP contribution < -0.4 is 10.6 Å². The number of rotatable bonds is 0. The van der Waals surface area contributed by atoms with E-state index in [1.54, 1.807) is 0 Å². The summed E-state index contributed by atoms with van der Waals surface area (Å²) >= 11 is 0. The highest BCUT2D eigenvalue weighted by atomic mass is 16.5. The van der Waals surface area contributed by atoms with E-state index < -0.39 is 6.23 Å². The Hall–Kier alpha value is -0.160. The van der Waals surface area contributed by atoms with Gasteiger partial charge in [-0.1, -0.05) is 0 Å². The van der Waals surface area contributed by atoms with Crippen LogP contribution in [0.3, 0.4) is 0 Å². The minimum absolute atomic E-state index is 0.0394. The molecule has 0 saturated carbocycles. The van der Waals surface area contributed by atoms with Gasteiger partial charge in [-0.15, -0.1) is 0 Å². The largest absolute Gasteiger partial charge is 0.376 e. The van der Waals surface area contributed by atoms with E-state index >= 15 is 0 Å². The Morgan fingerprint density at radius 2 is 2.30 bits per heavy atom. The van der Waals surface area contributed by atoms with E-state index in [1.165, 1.54) is 0 Å². The second-order valence-electron chi connectivity index (χ2n) is 3.06. The first-order chi connectivity index (χ1) is 4.81. The maximum atomic E-state index is 9.15. The number of morpholine rings is 1. The number of aliphatic hydroxyl groups excluding tert-OH is 1. The summed E-state index contributed by atoms with van der Waals surface area (Å²) in [4.78, 5) is 0. The lowest BCUT2D eigenvalue weighted by molar-refractivity contribution is -0.0884. The maximum Gasteiger partial charge on any atom is 0.129 e. The fourth-order valence-electron chi connectivity index (χ4n) is 1.43. The summed E-state index contributed by atoms with van der Waals surface area (Å²) in [7, 11) is 0. The van der Waals surface area contributed by atoms with Crippen molar-refractivity contribution in [3.63, 3.8) is 0 Å². The standard InChI is InChI=1S/C6H12N2O2/c9-5-1-10-4-6(8-5)2-7-3-6/h5,7-9H,1-4H2. The zero-order chi connectivity index (χ0) is 7.03. The lowest BCUT2D eigenvalue weighted by atomic mass is 9.92. The second-order valence-corrected chi connectivity index (χ2v) is 3.06. The zero-order valence-electron chi connectivity index (χ0n) is 5.76. The molecule has 0 aromatic rings. The third kappa shape index (κ3) is 0.932. The first-order valence-corrected chi connectivity index (χ1v) is 3.55. The molecule has 0 bridgehead atoms. The first-order valence-electron chi connectivity index (χ1n) is 3.55. The molecule has 4 heteroatoms. The molecule has 0 radical (unpaired) electrons. The van der Waals surface area contributed by atoms with Crippen LogP contribution in [-0.2, 0) is 4.74 Å². The minimum Gasteiger partial charge on any atom is -0.376 e. The van der Waals surface area contributed by atoms with Gasteiger partial charge in [-0.3, -0.25) is 5.32 Å². The molecule has 58 valence electrons. The first kappa shape index (κ1) is 6.54. The Morgan fingerprint density at radius 3 is 2.70 bits per heavy atom. The maximum absolute atomic E-state index is 9.15. The Labute approximate surface area is 59.6 Å². The molecular weight excluding hydrogens is 132 g/mol. The molecule has 2 fully saturated rings. The number of hydrogen-bond donors (Lipinski definition) is 3. The molecule has 1 atom stereocenters. The molecule has 2 rings (SSSR count). The summed E-state index contributed by atoms with van der Waals surface area (Å²) in [5.74, 6) is 0. The van der Waals surface area contributed by atoms with Crippen LogP contribution in [0.5, 0.6) is 0 Å². The summed E-state index contributed by atoms with van der Waals surface area (Å²) in [6.07, 6.45) is -0.476. The van der Waals surface area contributed by atoms with Crippen LogP contribution in [0.1, 0.15) is 0 Å². The molecule has 0 aliphatic carbocycles. The van der Waals surface area contributed by atoms with E-state index in [1.807, 2.05) is 0 Å². The Kier molecular flexibility index (Phi) is 1.42. The third-order valence-electron chi connectivity index (χ3n) is 2.05. The summed E-state index contributed by atoms with van der Waals surface area (Å²) < 4.78 is 5.19. The fraction of sp³-hybridized carbons (Fsp3) is 1.00. The van der Waals surface area contributed by atoms with Crippen molar-refractivity contribution in [3.05, 3.63) is 0 Å². The molecule has 0 amide bonds. The van der Waals surface area contributed by atoms with E-state index in [4.69, 9.17) is 9.84 Å². The van der Waals surface area contributed by atoms with Gasteiger partial charge in [0.1, 0.15) is 6.23 Å². The van der Waals surface area contributed by atoms with E-state index in [0.717, 1.165) is 19.7 Å². The molecule has 0 aromatic carbocycles. The average Bonchev–Trinajstić information content (AvgIpc) is 1.85. The van der Waals surface area contributed by atoms with Crippen molar-refractivity contribution in [2.24, 2.45) is 0 Å². The van der Waals surface area contributed by atoms with Gasteiger partial charge in [0.15, 0.2) is 0 Å². The van der Waals surface area contributed by atoms with Crippen molar-refractivity contribution in [2.45, 2.75) is 11.8 Å². The van der Waals surface area contributed by atoms with Crippen LogP contribution in [0.2, 0.25) is 0 Å². The normalized spacial score (nSPS) is 37.5. The smallest absolute Gasteiger partial charge is 0.129 e. The fourth-order valence-corrected chi connectivity index (χ4v) is 1.43. The summed E-state index contributed by atoms with van der Waals surface area (Å²) in [5.41, 5.74) is 0.0394. The molecule has 1 unspecified atom stereocenters. The van der Waals surface area contributed by atoms with Crippen molar-refractivity contribution in [2.75, 3.05) is 26.3 Å². The van der Waals surface area contributed by atoms with E-state index in [2.05, 4.69) is 10.6 Å². The minimum atomic E-state index is -0.476. The van der Waals surface area contributed by atoms with Gasteiger partial charge in [0.25, 0.3) is 0 Å². The molecular formula is C6H12N2O2. The van der Waals surface area contributed by atoms with Gasteiger partial charge in [-0.2, -0.15) is 0 Å². The van der Waals surface area contributed by atoms with Crippen molar-refractivity contribution in [1.29, 1.82) is 0 Å². The number of nitrogens with one attached hydrogen (secondary N) is 2. The molecule has 4 nitrogen and oxygen atoms in total. The van der Waals surface area contributed by atoms with Crippen molar-refractivity contribution >= 4 is 0 Å². The molecule has 0 aromatic heterocycles. The van der Waals surface area contributed by atoms with E-state index in [-0.39, 0.29) is 5.54 Å². The number of ether oxygens (including phenoxy) is 1. The number of aliphatic hydroxyl groups is 1. The quantitative estimate of drug-likeness (QED) is 0.378. The van der Waals surface area contributed by atoms with E-state index in [9.17, 15) is 0 Å². The second kappa shape index (κ2) is 2.17. The Morgan fingerprint density at radius 1 is 1.50 bits per heavy atom. The van der Waals surface area contributed by atoms with Crippen LogP contribution in [-0.4, -0.2) is 43.2 Å². The van der Waals surface area contributed by atoms with Gasteiger partial charge in [0.2, 0.25) is 0 Å². The van der Waals surface area contributed by atoms with Crippen LogP contribution in [0.25, 0.3) is 0 Å². The summed E-state index contributed by atoms with van der Waals surface area (Å²) in [5, 5.41) is 15.4. The SMILES string of the molecule is OC1COCC2(CNC2)N1. The van der Waals surface area contributed by atoms with Crippen LogP contribution in [0.15, 0.2) is 0 Å². The molecule has 2 aliphatic rings. The van der Waals surface area contributed by atoms with Gasteiger partial charge >= 0.3 is 0 Å². The van der Waals surface area contributed by atoms with Crippen molar-refractivity contribution < 1.29 is 9.84 Å². The van der Waals surface area contributed by atoms with Gasteiger partial charge in [0.05, 0.1) is 18.8 Å². The van der Waals surface area contributed by atoms with Gasteiger partial charge in [-0.25, -0.2) is 0 Å². The predicted octanol–water partition coefficient (Wildman–Crippen LogP) is -1.73. The topological polar surface area (TPSA) is 53.5 Å². The predicted molar refractivity (Wildman–Crippen MR) is 35.6 cm³/mol. The van der Waals surface area contributed by atoms with Gasteiger partial charge < -0.3 is 15.2 Å². The lowest BCUT2D eigenvalue weighted by Crippen LogP contribution is -2.74. The van der Waals surface area contributed by atoms with Gasteiger partial charge in [-0.05, 0) is 0 Å². The Balaban J connectivity index is 1.96. The highest BCUT2D eigenvalue weighted by Crippen LogP contribution is 2.15. The van der Waals surface area contributed by atoms with Crippen LogP contribution in [0, 0.1) is 0 Å². The van der Waals surface area contributed by atoms with E-state index in [0.29, 0.717) is 6.61 Å². The Bertz CT molecular complexity index is 136. The van der Waals surface area contributed by atoms with Crippen molar-refractivity contribution in [3.8, 4) is 0 Å². The molecule has 2 heterocycles. The highest BCUT2D eigenvalue weighted by Gasteiger charge is 2.41. The summed E-state index contributed by atoms with van der Waals surface area (Å²) in [6, 6.07) is 0. The van der Waals surface area contributed by atoms with Crippen LogP contribution >= 0.6 is 0 Å². The monoisotopic (exact) mass is 144 g/mol. The molecule has 10 heavy (non-hydrogen) atoms. The van der Waals surface area contributed by atoms with Gasteiger partial charge in [0, 0.05) is 13.1 Å². The van der Waals surface area contributed by atoms with Crippen molar-refractivity contribution in [1.82, 2.24) is 10.6 Å². The molecule has 3 N–H and O–H groups in total. The average molecular weight is 144 g/mol. The molecule has 2 aliphatic heterocycles.